The largest absolute Gasteiger partial charge is 0.493 e. The first-order chi connectivity index (χ1) is 12.0. The van der Waals surface area contributed by atoms with E-state index in [2.05, 4.69) is 47.9 Å². The molecule has 5 nitrogen and oxygen atoms in total. The molecule has 0 saturated heterocycles. The second-order valence-corrected chi connectivity index (χ2v) is 7.85. The molecule has 1 aromatic rings. The summed E-state index contributed by atoms with van der Waals surface area (Å²) in [5.41, 5.74) is 1.25. The zero-order chi connectivity index (χ0) is 18.7. The summed E-state index contributed by atoms with van der Waals surface area (Å²) in [6.07, 6.45) is 4.12. The molecule has 0 atom stereocenters. The van der Waals surface area contributed by atoms with Crippen LogP contribution in [-0.4, -0.2) is 50.8 Å². The van der Waals surface area contributed by atoms with E-state index in [0.717, 1.165) is 43.4 Å². The number of methoxy groups -OCH3 is 1. The lowest BCUT2D eigenvalue weighted by Gasteiger charge is -2.23. The summed E-state index contributed by atoms with van der Waals surface area (Å²) in [4.78, 5) is 4.28. The van der Waals surface area contributed by atoms with Crippen LogP contribution in [0.5, 0.6) is 11.5 Å². The third-order valence-electron chi connectivity index (χ3n) is 3.92. The topological polar surface area (TPSA) is 54.9 Å². The van der Waals surface area contributed by atoms with Crippen LogP contribution in [0.15, 0.2) is 23.2 Å². The van der Waals surface area contributed by atoms with E-state index in [9.17, 15) is 0 Å². The Morgan fingerprint density at radius 1 is 1.24 bits per heavy atom. The van der Waals surface area contributed by atoms with Crippen molar-refractivity contribution >= 4 is 17.7 Å². The zero-order valence-electron chi connectivity index (χ0n) is 16.4. The molecule has 142 valence electrons. The lowest BCUT2D eigenvalue weighted by Crippen LogP contribution is -2.43. The number of aliphatic imine (C=N–C) groups is 1. The Kier molecular flexibility index (Phi) is 9.57. The first-order valence-electron chi connectivity index (χ1n) is 8.75. The molecule has 0 aromatic heterocycles. The van der Waals surface area contributed by atoms with E-state index in [0.29, 0.717) is 6.61 Å². The van der Waals surface area contributed by atoms with E-state index in [1.54, 1.807) is 14.2 Å². The molecule has 0 saturated carbocycles. The minimum Gasteiger partial charge on any atom is -0.493 e. The zero-order valence-corrected chi connectivity index (χ0v) is 17.3. The normalized spacial score (nSPS) is 12.0. The Labute approximate surface area is 157 Å². The summed E-state index contributed by atoms with van der Waals surface area (Å²) >= 11 is 1.85. The van der Waals surface area contributed by atoms with Crippen molar-refractivity contribution in [2.24, 2.45) is 4.99 Å². The Hall–Kier alpha value is -1.56. The van der Waals surface area contributed by atoms with Crippen LogP contribution in [-0.2, 0) is 6.42 Å². The van der Waals surface area contributed by atoms with Gasteiger partial charge < -0.3 is 20.1 Å². The van der Waals surface area contributed by atoms with Crippen molar-refractivity contribution in [1.82, 2.24) is 10.6 Å². The van der Waals surface area contributed by atoms with E-state index >= 15 is 0 Å². The SMILES string of the molecule is CCOc1cc(CCCNC(=NC)NCC(C)(C)SC)ccc1OC. The fraction of sp³-hybridized carbons (Fsp3) is 0.632. The second-order valence-electron chi connectivity index (χ2n) is 6.34. The van der Waals surface area contributed by atoms with Crippen molar-refractivity contribution in [3.8, 4) is 11.5 Å². The van der Waals surface area contributed by atoms with Gasteiger partial charge in [-0.2, -0.15) is 11.8 Å². The maximum Gasteiger partial charge on any atom is 0.191 e. The van der Waals surface area contributed by atoms with Gasteiger partial charge in [0.05, 0.1) is 13.7 Å². The standard InChI is InChI=1S/C19H33N3O2S/c1-7-24-17-13-15(10-11-16(17)23-5)9-8-12-21-18(20-4)22-14-19(2,3)25-6/h10-11,13H,7-9,12,14H2,1-6H3,(H2,20,21,22). The number of nitrogens with zero attached hydrogens (tertiary/aromatic N) is 1. The Morgan fingerprint density at radius 3 is 2.60 bits per heavy atom. The fourth-order valence-electron chi connectivity index (χ4n) is 2.23. The van der Waals surface area contributed by atoms with Crippen molar-refractivity contribution in [2.45, 2.75) is 38.4 Å². The third kappa shape index (κ3) is 7.90. The summed E-state index contributed by atoms with van der Waals surface area (Å²) in [6.45, 7) is 8.80. The molecule has 0 aliphatic rings. The van der Waals surface area contributed by atoms with Gasteiger partial charge in [-0.1, -0.05) is 6.07 Å². The maximum atomic E-state index is 5.63. The van der Waals surface area contributed by atoms with Gasteiger partial charge in [-0.25, -0.2) is 0 Å². The van der Waals surface area contributed by atoms with Gasteiger partial charge in [0.2, 0.25) is 0 Å². The lowest BCUT2D eigenvalue weighted by molar-refractivity contribution is 0.310. The Balaban J connectivity index is 2.42. The molecule has 0 unspecified atom stereocenters. The average molecular weight is 368 g/mol. The molecule has 0 aliphatic heterocycles. The number of guanidine groups is 1. The molecule has 1 rings (SSSR count). The number of rotatable bonds is 10. The van der Waals surface area contributed by atoms with E-state index < -0.39 is 0 Å². The quantitative estimate of drug-likeness (QED) is 0.377. The summed E-state index contributed by atoms with van der Waals surface area (Å²) in [7, 11) is 3.47. The number of benzene rings is 1. The fourth-order valence-corrected chi connectivity index (χ4v) is 2.45. The summed E-state index contributed by atoms with van der Waals surface area (Å²) < 4.78 is 11.1. The van der Waals surface area contributed by atoms with Crippen molar-refractivity contribution in [3.63, 3.8) is 0 Å². The van der Waals surface area contributed by atoms with Crippen molar-refractivity contribution in [3.05, 3.63) is 23.8 Å². The smallest absolute Gasteiger partial charge is 0.191 e. The summed E-state index contributed by atoms with van der Waals surface area (Å²) in [5.74, 6) is 2.45. The molecular weight excluding hydrogens is 334 g/mol. The van der Waals surface area contributed by atoms with E-state index in [-0.39, 0.29) is 4.75 Å². The van der Waals surface area contributed by atoms with Crippen LogP contribution < -0.4 is 20.1 Å². The van der Waals surface area contributed by atoms with Crippen molar-refractivity contribution in [1.29, 1.82) is 0 Å². The summed E-state index contributed by atoms with van der Waals surface area (Å²) in [6, 6.07) is 6.13. The summed E-state index contributed by atoms with van der Waals surface area (Å²) in [5, 5.41) is 6.75. The minimum absolute atomic E-state index is 0.191. The number of hydrogen-bond donors (Lipinski definition) is 2. The molecule has 1 aromatic carbocycles. The van der Waals surface area contributed by atoms with Gasteiger partial charge in [-0.15, -0.1) is 0 Å². The van der Waals surface area contributed by atoms with Crippen LogP contribution in [0.25, 0.3) is 0 Å². The highest BCUT2D eigenvalue weighted by atomic mass is 32.2. The van der Waals surface area contributed by atoms with E-state index in [4.69, 9.17) is 9.47 Å². The van der Waals surface area contributed by atoms with Crippen LogP contribution in [0.4, 0.5) is 0 Å². The molecule has 0 fully saturated rings. The van der Waals surface area contributed by atoms with Crippen LogP contribution in [0.3, 0.4) is 0 Å². The first-order valence-corrected chi connectivity index (χ1v) is 9.97. The highest BCUT2D eigenvalue weighted by molar-refractivity contribution is 7.99. The van der Waals surface area contributed by atoms with Crippen LogP contribution in [0, 0.1) is 0 Å². The van der Waals surface area contributed by atoms with Gasteiger partial charge >= 0.3 is 0 Å². The van der Waals surface area contributed by atoms with Gasteiger partial charge in [0.25, 0.3) is 0 Å². The second kappa shape index (κ2) is 11.1. The molecule has 0 bridgehead atoms. The van der Waals surface area contributed by atoms with Crippen LogP contribution in [0.2, 0.25) is 0 Å². The molecular formula is C19H33N3O2S. The molecule has 2 N–H and O–H groups in total. The molecule has 0 amide bonds. The van der Waals surface area contributed by atoms with Gasteiger partial charge in [0.15, 0.2) is 17.5 Å². The average Bonchev–Trinajstić information content (AvgIpc) is 2.61. The number of aryl methyl sites for hydroxylation is 1. The van der Waals surface area contributed by atoms with Gasteiger partial charge in [0, 0.05) is 24.9 Å². The van der Waals surface area contributed by atoms with Gasteiger partial charge in [-0.05, 0) is 57.6 Å². The predicted octanol–water partition coefficient (Wildman–Crippen LogP) is 3.33. The number of ether oxygens (including phenoxy) is 2. The molecule has 0 radical (unpaired) electrons. The highest BCUT2D eigenvalue weighted by Gasteiger charge is 2.15. The predicted molar refractivity (Wildman–Crippen MR) is 109 cm³/mol. The van der Waals surface area contributed by atoms with Crippen LogP contribution >= 0.6 is 11.8 Å². The highest BCUT2D eigenvalue weighted by Crippen LogP contribution is 2.28. The third-order valence-corrected chi connectivity index (χ3v) is 5.17. The molecule has 0 spiro atoms. The number of nitrogens with one attached hydrogen (secondary N) is 2. The van der Waals surface area contributed by atoms with E-state index in [1.165, 1.54) is 5.56 Å². The molecule has 0 aliphatic carbocycles. The molecule has 25 heavy (non-hydrogen) atoms. The van der Waals surface area contributed by atoms with Crippen molar-refractivity contribution < 1.29 is 9.47 Å². The molecule has 6 heteroatoms. The minimum atomic E-state index is 0.191. The lowest BCUT2D eigenvalue weighted by atomic mass is 10.1. The maximum absolute atomic E-state index is 5.63. The Bertz CT molecular complexity index is 547. The van der Waals surface area contributed by atoms with Crippen LogP contribution in [0.1, 0.15) is 32.8 Å². The van der Waals surface area contributed by atoms with Gasteiger partial charge in [-0.3, -0.25) is 4.99 Å². The van der Waals surface area contributed by atoms with Crippen molar-refractivity contribution in [2.75, 3.05) is 40.1 Å². The van der Waals surface area contributed by atoms with Gasteiger partial charge in [0.1, 0.15) is 0 Å². The molecule has 0 heterocycles. The Morgan fingerprint density at radius 2 is 2.00 bits per heavy atom. The monoisotopic (exact) mass is 367 g/mol. The number of thioether (sulfide) groups is 1. The number of hydrogen-bond acceptors (Lipinski definition) is 4. The first kappa shape index (κ1) is 21.5. The van der Waals surface area contributed by atoms with E-state index in [1.807, 2.05) is 24.8 Å².